The molecule has 2 aromatic rings. The van der Waals surface area contributed by atoms with Crippen LogP contribution in [-0.4, -0.2) is 43.6 Å². The molecular formula is C16H20N4O2. The van der Waals surface area contributed by atoms with Crippen molar-refractivity contribution in [1.82, 2.24) is 19.9 Å². The highest BCUT2D eigenvalue weighted by Crippen LogP contribution is 2.27. The second kappa shape index (κ2) is 5.53. The summed E-state index contributed by atoms with van der Waals surface area (Å²) < 4.78 is 1.65. The average Bonchev–Trinajstić information content (AvgIpc) is 2.87. The van der Waals surface area contributed by atoms with Crippen LogP contribution in [0.3, 0.4) is 0 Å². The molecule has 0 spiro atoms. The standard InChI is InChI=1S/C16H20N4O2/c1-10(2)19-8-7-13-12(9-19)5-4-6-14(13)20-11(3)15(16(21)22)17-18-20/h4-6,10H,7-9H2,1-3H3,(H,21,22). The Morgan fingerprint density at radius 1 is 1.36 bits per heavy atom. The van der Waals surface area contributed by atoms with Gasteiger partial charge in [0.25, 0.3) is 0 Å². The van der Waals surface area contributed by atoms with Gasteiger partial charge in [-0.1, -0.05) is 17.3 Å². The summed E-state index contributed by atoms with van der Waals surface area (Å²) in [5.41, 5.74) is 4.04. The Morgan fingerprint density at radius 3 is 2.77 bits per heavy atom. The first-order chi connectivity index (χ1) is 10.5. The lowest BCUT2D eigenvalue weighted by Gasteiger charge is -2.32. The van der Waals surface area contributed by atoms with Gasteiger partial charge in [0.1, 0.15) is 0 Å². The van der Waals surface area contributed by atoms with E-state index in [0.717, 1.165) is 25.2 Å². The van der Waals surface area contributed by atoms with E-state index in [4.69, 9.17) is 5.11 Å². The molecule has 22 heavy (non-hydrogen) atoms. The van der Waals surface area contributed by atoms with Gasteiger partial charge in [0.15, 0.2) is 5.69 Å². The fraction of sp³-hybridized carbons (Fsp3) is 0.438. The molecule has 6 nitrogen and oxygen atoms in total. The number of carboxylic acids is 1. The fourth-order valence-corrected chi connectivity index (χ4v) is 3.01. The van der Waals surface area contributed by atoms with Gasteiger partial charge in [-0.3, -0.25) is 4.90 Å². The number of carbonyl (C=O) groups is 1. The average molecular weight is 300 g/mol. The number of carboxylic acid groups (broad SMARTS) is 1. The zero-order valence-electron chi connectivity index (χ0n) is 13.1. The van der Waals surface area contributed by atoms with Gasteiger partial charge in [-0.05, 0) is 44.4 Å². The molecule has 2 heterocycles. The van der Waals surface area contributed by atoms with Crippen molar-refractivity contribution in [1.29, 1.82) is 0 Å². The van der Waals surface area contributed by atoms with Crippen molar-refractivity contribution in [2.24, 2.45) is 0 Å². The quantitative estimate of drug-likeness (QED) is 0.939. The molecule has 6 heteroatoms. The lowest BCUT2D eigenvalue weighted by atomic mass is 9.97. The molecule has 1 aromatic carbocycles. The van der Waals surface area contributed by atoms with E-state index in [1.54, 1.807) is 11.6 Å². The summed E-state index contributed by atoms with van der Waals surface area (Å²) in [7, 11) is 0. The Hall–Kier alpha value is -2.21. The molecule has 0 saturated heterocycles. The zero-order valence-corrected chi connectivity index (χ0v) is 13.1. The van der Waals surface area contributed by atoms with Gasteiger partial charge in [0.2, 0.25) is 0 Å². The highest BCUT2D eigenvalue weighted by molar-refractivity contribution is 5.86. The number of rotatable bonds is 3. The van der Waals surface area contributed by atoms with Gasteiger partial charge in [0.05, 0.1) is 11.4 Å². The van der Waals surface area contributed by atoms with E-state index in [0.29, 0.717) is 11.7 Å². The SMILES string of the molecule is Cc1c(C(=O)O)nnn1-c1cccc2c1CCN(C(C)C)C2. The monoisotopic (exact) mass is 300 g/mol. The molecule has 0 radical (unpaired) electrons. The maximum Gasteiger partial charge on any atom is 0.358 e. The van der Waals surface area contributed by atoms with Crippen molar-refractivity contribution in [3.8, 4) is 5.69 Å². The van der Waals surface area contributed by atoms with Crippen molar-refractivity contribution in [2.75, 3.05) is 6.54 Å². The molecule has 1 N–H and O–H groups in total. The highest BCUT2D eigenvalue weighted by atomic mass is 16.4. The third-order valence-corrected chi connectivity index (χ3v) is 4.33. The topological polar surface area (TPSA) is 71.2 Å². The van der Waals surface area contributed by atoms with E-state index in [2.05, 4.69) is 35.1 Å². The van der Waals surface area contributed by atoms with Crippen molar-refractivity contribution in [2.45, 2.75) is 39.8 Å². The van der Waals surface area contributed by atoms with E-state index in [1.165, 1.54) is 11.1 Å². The smallest absolute Gasteiger partial charge is 0.358 e. The van der Waals surface area contributed by atoms with Crippen LogP contribution in [0.1, 0.15) is 41.2 Å². The number of fused-ring (bicyclic) bond motifs is 1. The molecule has 0 amide bonds. The van der Waals surface area contributed by atoms with Crippen LogP contribution < -0.4 is 0 Å². The van der Waals surface area contributed by atoms with E-state index >= 15 is 0 Å². The minimum atomic E-state index is -1.04. The lowest BCUT2D eigenvalue weighted by molar-refractivity contribution is 0.0689. The summed E-state index contributed by atoms with van der Waals surface area (Å²) in [6.07, 6.45) is 0.936. The van der Waals surface area contributed by atoms with Crippen molar-refractivity contribution < 1.29 is 9.90 Å². The Bertz CT molecular complexity index is 721. The van der Waals surface area contributed by atoms with Crippen molar-refractivity contribution in [3.05, 3.63) is 40.7 Å². The second-order valence-corrected chi connectivity index (χ2v) is 5.97. The number of aromatic nitrogens is 3. The van der Waals surface area contributed by atoms with Crippen molar-refractivity contribution >= 4 is 5.97 Å². The second-order valence-electron chi connectivity index (χ2n) is 5.97. The van der Waals surface area contributed by atoms with Crippen LogP contribution in [0, 0.1) is 6.92 Å². The number of hydrogen-bond donors (Lipinski definition) is 1. The first-order valence-electron chi connectivity index (χ1n) is 7.50. The normalized spacial score (nSPS) is 15.1. The maximum atomic E-state index is 11.2. The third kappa shape index (κ3) is 2.39. The van der Waals surface area contributed by atoms with Gasteiger partial charge in [-0.2, -0.15) is 0 Å². The van der Waals surface area contributed by atoms with E-state index in [1.807, 2.05) is 12.1 Å². The van der Waals surface area contributed by atoms with Gasteiger partial charge in [0, 0.05) is 19.1 Å². The maximum absolute atomic E-state index is 11.2. The molecule has 0 bridgehead atoms. The van der Waals surface area contributed by atoms with Gasteiger partial charge < -0.3 is 5.11 Å². The third-order valence-electron chi connectivity index (χ3n) is 4.33. The minimum absolute atomic E-state index is 0.0113. The molecule has 0 saturated carbocycles. The Balaban J connectivity index is 2.04. The van der Waals surface area contributed by atoms with E-state index in [9.17, 15) is 4.79 Å². The van der Waals surface area contributed by atoms with Crippen LogP contribution in [0.25, 0.3) is 5.69 Å². The van der Waals surface area contributed by atoms with Crippen molar-refractivity contribution in [3.63, 3.8) is 0 Å². The van der Waals surface area contributed by atoms with Gasteiger partial charge in [-0.15, -0.1) is 5.10 Å². The fourth-order valence-electron chi connectivity index (χ4n) is 3.01. The van der Waals surface area contributed by atoms with Crippen LogP contribution in [-0.2, 0) is 13.0 Å². The van der Waals surface area contributed by atoms with Crippen LogP contribution >= 0.6 is 0 Å². The number of hydrogen-bond acceptors (Lipinski definition) is 4. The predicted molar refractivity (Wildman–Crippen MR) is 82.3 cm³/mol. The minimum Gasteiger partial charge on any atom is -0.476 e. The molecule has 0 fully saturated rings. The molecular weight excluding hydrogens is 280 g/mol. The van der Waals surface area contributed by atoms with Crippen LogP contribution in [0.4, 0.5) is 0 Å². The molecule has 0 aliphatic carbocycles. The predicted octanol–water partition coefficient (Wildman–Crippen LogP) is 2.04. The Labute approximate surface area is 129 Å². The Kier molecular flexibility index (Phi) is 3.70. The van der Waals surface area contributed by atoms with Crippen LogP contribution in [0.5, 0.6) is 0 Å². The Morgan fingerprint density at radius 2 is 2.14 bits per heavy atom. The number of benzene rings is 1. The zero-order chi connectivity index (χ0) is 15.9. The number of nitrogens with zero attached hydrogens (tertiary/aromatic N) is 4. The summed E-state index contributed by atoms with van der Waals surface area (Å²) >= 11 is 0. The number of aromatic carboxylic acids is 1. The largest absolute Gasteiger partial charge is 0.476 e. The molecule has 3 rings (SSSR count). The first kappa shape index (κ1) is 14.7. The van der Waals surface area contributed by atoms with Gasteiger partial charge >= 0.3 is 5.97 Å². The van der Waals surface area contributed by atoms with Gasteiger partial charge in [-0.25, -0.2) is 9.48 Å². The summed E-state index contributed by atoms with van der Waals surface area (Å²) in [6, 6.07) is 6.64. The molecule has 1 aromatic heterocycles. The van der Waals surface area contributed by atoms with E-state index < -0.39 is 5.97 Å². The molecule has 0 atom stereocenters. The lowest BCUT2D eigenvalue weighted by Crippen LogP contribution is -2.36. The molecule has 1 aliphatic heterocycles. The summed E-state index contributed by atoms with van der Waals surface area (Å²) in [5.74, 6) is -1.04. The van der Waals surface area contributed by atoms with Crippen LogP contribution in [0.15, 0.2) is 18.2 Å². The highest BCUT2D eigenvalue weighted by Gasteiger charge is 2.23. The first-order valence-corrected chi connectivity index (χ1v) is 7.50. The van der Waals surface area contributed by atoms with E-state index in [-0.39, 0.29) is 5.69 Å². The van der Waals surface area contributed by atoms with Crippen LogP contribution in [0.2, 0.25) is 0 Å². The summed E-state index contributed by atoms with van der Waals surface area (Å²) in [5, 5.41) is 17.0. The molecule has 1 aliphatic rings. The molecule has 116 valence electrons. The summed E-state index contributed by atoms with van der Waals surface area (Å²) in [6.45, 7) is 8.07. The molecule has 0 unspecified atom stereocenters. The summed E-state index contributed by atoms with van der Waals surface area (Å²) in [4.78, 5) is 13.6.